The lowest BCUT2D eigenvalue weighted by Gasteiger charge is -2.20. The minimum Gasteiger partial charge on any atom is -0.493 e. The summed E-state index contributed by atoms with van der Waals surface area (Å²) in [6.45, 7) is 3.49. The van der Waals surface area contributed by atoms with Crippen molar-refractivity contribution in [3.8, 4) is 17.6 Å². The molecule has 0 saturated heterocycles. The first-order chi connectivity index (χ1) is 15.1. The minimum absolute atomic E-state index is 0.0798. The molecule has 1 amide bonds. The number of carbonyl (C=O) groups is 1. The summed E-state index contributed by atoms with van der Waals surface area (Å²) in [5, 5.41) is 10.9. The highest BCUT2D eigenvalue weighted by atomic mass is 32.1. The van der Waals surface area contributed by atoms with Crippen LogP contribution < -0.4 is 9.47 Å². The highest BCUT2D eigenvalue weighted by Gasteiger charge is 2.12. The van der Waals surface area contributed by atoms with Gasteiger partial charge >= 0.3 is 0 Å². The molecule has 0 N–H and O–H groups in total. The lowest BCUT2D eigenvalue weighted by atomic mass is 10.1. The molecule has 1 aromatic heterocycles. The van der Waals surface area contributed by atoms with Crippen molar-refractivity contribution < 1.29 is 14.3 Å². The van der Waals surface area contributed by atoms with Crippen molar-refractivity contribution in [1.29, 1.82) is 5.26 Å². The molecule has 1 heterocycles. The van der Waals surface area contributed by atoms with Crippen LogP contribution in [0.2, 0.25) is 0 Å². The van der Waals surface area contributed by atoms with Crippen LogP contribution in [-0.2, 0) is 17.9 Å². The highest BCUT2D eigenvalue weighted by molar-refractivity contribution is 7.09. The van der Waals surface area contributed by atoms with Gasteiger partial charge in [0, 0.05) is 24.0 Å². The van der Waals surface area contributed by atoms with E-state index in [0.29, 0.717) is 36.8 Å². The number of carbonyl (C=O) groups excluding carboxylic acids is 1. The quantitative estimate of drug-likeness (QED) is 0.432. The molecular formula is C25H24N2O3S. The Morgan fingerprint density at radius 3 is 2.61 bits per heavy atom. The van der Waals surface area contributed by atoms with E-state index in [0.717, 1.165) is 16.0 Å². The lowest BCUT2D eigenvalue weighted by molar-refractivity contribution is -0.126. The van der Waals surface area contributed by atoms with Crippen molar-refractivity contribution in [3.05, 3.63) is 87.6 Å². The molecule has 0 aliphatic heterocycles. The number of likely N-dealkylation sites (N-methyl/N-ethyl adjacent to an activating group) is 1. The third-order valence-corrected chi connectivity index (χ3v) is 5.55. The SMILES string of the molecule is CCN(Cc1ccc(OCc2cccs2)c(OC)c1)C(=O)C=Cc1ccc(C#N)cc1. The van der Waals surface area contributed by atoms with Gasteiger partial charge in [-0.15, -0.1) is 11.3 Å². The zero-order valence-electron chi connectivity index (χ0n) is 17.6. The molecule has 3 rings (SSSR count). The fraction of sp³-hybridized carbons (Fsp3) is 0.200. The number of hydrogen-bond donors (Lipinski definition) is 0. The van der Waals surface area contributed by atoms with Crippen LogP contribution in [0.25, 0.3) is 6.08 Å². The van der Waals surface area contributed by atoms with Crippen LogP contribution in [0.4, 0.5) is 0 Å². The van der Waals surface area contributed by atoms with Crippen molar-refractivity contribution in [3.63, 3.8) is 0 Å². The molecule has 0 aliphatic carbocycles. The number of amides is 1. The maximum absolute atomic E-state index is 12.7. The molecular weight excluding hydrogens is 408 g/mol. The summed E-state index contributed by atoms with van der Waals surface area (Å²) >= 11 is 1.65. The predicted molar refractivity (Wildman–Crippen MR) is 123 cm³/mol. The lowest BCUT2D eigenvalue weighted by Crippen LogP contribution is -2.28. The van der Waals surface area contributed by atoms with Gasteiger partial charge in [0.15, 0.2) is 11.5 Å². The van der Waals surface area contributed by atoms with Crippen molar-refractivity contribution in [1.82, 2.24) is 4.90 Å². The first-order valence-electron chi connectivity index (χ1n) is 9.92. The maximum atomic E-state index is 12.7. The van der Waals surface area contributed by atoms with E-state index in [1.165, 1.54) is 0 Å². The van der Waals surface area contributed by atoms with Gasteiger partial charge in [-0.1, -0.05) is 24.3 Å². The van der Waals surface area contributed by atoms with Crippen molar-refractivity contribution in [2.24, 2.45) is 0 Å². The molecule has 0 radical (unpaired) electrons. The summed E-state index contributed by atoms with van der Waals surface area (Å²) in [6.07, 6.45) is 3.31. The van der Waals surface area contributed by atoms with Gasteiger partial charge in [0.1, 0.15) is 6.61 Å². The molecule has 158 valence electrons. The van der Waals surface area contributed by atoms with E-state index in [-0.39, 0.29) is 5.91 Å². The molecule has 0 bridgehead atoms. The van der Waals surface area contributed by atoms with Crippen molar-refractivity contribution in [2.45, 2.75) is 20.1 Å². The van der Waals surface area contributed by atoms with E-state index in [4.69, 9.17) is 14.7 Å². The standard InChI is InChI=1S/C25H24N2O3S/c1-3-27(25(28)13-11-19-6-8-20(16-26)9-7-19)17-21-10-12-23(24(15-21)29-2)30-18-22-5-4-14-31-22/h4-15H,3,17-18H2,1-2H3. The van der Waals surface area contributed by atoms with E-state index in [1.54, 1.807) is 47.6 Å². The number of methoxy groups -OCH3 is 1. The molecule has 3 aromatic rings. The summed E-state index contributed by atoms with van der Waals surface area (Å²) in [5.74, 6) is 1.24. The van der Waals surface area contributed by atoms with Gasteiger partial charge in [0.25, 0.3) is 0 Å². The van der Waals surface area contributed by atoms with Crippen LogP contribution in [0.3, 0.4) is 0 Å². The fourth-order valence-corrected chi connectivity index (χ4v) is 3.60. The minimum atomic E-state index is -0.0798. The monoisotopic (exact) mass is 432 g/mol. The molecule has 0 spiro atoms. The Labute approximate surface area is 186 Å². The number of thiophene rings is 1. The Balaban J connectivity index is 1.64. The zero-order chi connectivity index (χ0) is 22.1. The van der Waals surface area contributed by atoms with E-state index in [2.05, 4.69) is 6.07 Å². The summed E-state index contributed by atoms with van der Waals surface area (Å²) < 4.78 is 11.4. The second-order valence-corrected chi connectivity index (χ2v) is 7.81. The zero-order valence-corrected chi connectivity index (χ0v) is 18.4. The smallest absolute Gasteiger partial charge is 0.246 e. The van der Waals surface area contributed by atoms with E-state index < -0.39 is 0 Å². The molecule has 0 aliphatic rings. The van der Waals surface area contributed by atoms with Crippen LogP contribution >= 0.6 is 11.3 Å². The Kier molecular flexibility index (Phi) is 7.85. The maximum Gasteiger partial charge on any atom is 0.246 e. The normalized spacial score (nSPS) is 10.6. The first kappa shape index (κ1) is 22.1. The van der Waals surface area contributed by atoms with E-state index in [1.807, 2.05) is 54.8 Å². The van der Waals surface area contributed by atoms with Gasteiger partial charge in [0.05, 0.1) is 18.7 Å². The van der Waals surface area contributed by atoms with Crippen LogP contribution in [0.1, 0.15) is 28.5 Å². The van der Waals surface area contributed by atoms with Crippen LogP contribution in [0, 0.1) is 11.3 Å². The molecule has 6 heteroatoms. The Morgan fingerprint density at radius 1 is 1.16 bits per heavy atom. The average Bonchev–Trinajstić information content (AvgIpc) is 3.34. The van der Waals surface area contributed by atoms with Gasteiger partial charge in [0.2, 0.25) is 5.91 Å². The second-order valence-electron chi connectivity index (χ2n) is 6.77. The van der Waals surface area contributed by atoms with Gasteiger partial charge in [-0.2, -0.15) is 5.26 Å². The van der Waals surface area contributed by atoms with E-state index in [9.17, 15) is 4.79 Å². The van der Waals surface area contributed by atoms with Gasteiger partial charge < -0.3 is 14.4 Å². The molecule has 0 saturated carbocycles. The molecule has 5 nitrogen and oxygen atoms in total. The number of benzene rings is 2. The summed E-state index contributed by atoms with van der Waals surface area (Å²) in [6, 6.07) is 18.9. The van der Waals surface area contributed by atoms with Crippen LogP contribution in [0.5, 0.6) is 11.5 Å². The molecule has 31 heavy (non-hydrogen) atoms. The van der Waals surface area contributed by atoms with Crippen LogP contribution in [0.15, 0.2) is 66.1 Å². The summed E-state index contributed by atoms with van der Waals surface area (Å²) in [5.41, 5.74) is 2.43. The summed E-state index contributed by atoms with van der Waals surface area (Å²) in [7, 11) is 1.61. The molecule has 0 atom stereocenters. The number of ether oxygens (including phenoxy) is 2. The topological polar surface area (TPSA) is 62.6 Å². The average molecular weight is 433 g/mol. The predicted octanol–water partition coefficient (Wildman–Crippen LogP) is 5.27. The van der Waals surface area contributed by atoms with Crippen molar-refractivity contribution >= 4 is 23.3 Å². The highest BCUT2D eigenvalue weighted by Crippen LogP contribution is 2.29. The fourth-order valence-electron chi connectivity index (χ4n) is 2.98. The Hall–Kier alpha value is -3.56. The van der Waals surface area contributed by atoms with Crippen LogP contribution in [-0.4, -0.2) is 24.5 Å². The van der Waals surface area contributed by atoms with E-state index >= 15 is 0 Å². The second kappa shape index (κ2) is 11.0. The number of rotatable bonds is 9. The first-order valence-corrected chi connectivity index (χ1v) is 10.8. The van der Waals surface area contributed by atoms with Crippen molar-refractivity contribution in [2.75, 3.05) is 13.7 Å². The Bertz CT molecular complexity index is 1070. The largest absolute Gasteiger partial charge is 0.493 e. The summed E-state index contributed by atoms with van der Waals surface area (Å²) in [4.78, 5) is 15.6. The number of nitriles is 1. The molecule has 2 aromatic carbocycles. The third-order valence-electron chi connectivity index (χ3n) is 4.70. The van der Waals surface area contributed by atoms with Gasteiger partial charge in [-0.05, 0) is 59.8 Å². The number of hydrogen-bond acceptors (Lipinski definition) is 5. The third kappa shape index (κ3) is 6.21. The van der Waals surface area contributed by atoms with Gasteiger partial charge in [-0.25, -0.2) is 0 Å². The molecule has 0 fully saturated rings. The van der Waals surface area contributed by atoms with Gasteiger partial charge in [-0.3, -0.25) is 4.79 Å². The Morgan fingerprint density at radius 2 is 1.97 bits per heavy atom. The number of nitrogens with zero attached hydrogens (tertiary/aromatic N) is 2. The molecule has 0 unspecified atom stereocenters.